The second-order valence-corrected chi connectivity index (χ2v) is 6.91. The van der Waals surface area contributed by atoms with E-state index in [0.717, 1.165) is 18.3 Å². The first-order chi connectivity index (χ1) is 9.28. The highest BCUT2D eigenvalue weighted by Gasteiger charge is 2.52. The van der Waals surface area contributed by atoms with Crippen molar-refractivity contribution in [3.8, 4) is 0 Å². The molecule has 0 aromatic heterocycles. The van der Waals surface area contributed by atoms with E-state index in [1.54, 1.807) is 0 Å². The van der Waals surface area contributed by atoms with Crippen LogP contribution < -0.4 is 5.73 Å². The van der Waals surface area contributed by atoms with Crippen LogP contribution >= 0.6 is 0 Å². The standard InChI is InChI=1S/C10H20BNO2.C4H10.C2H6/c1-7-4-8(2)9-10(3,5-7)14-11(6-12)13-9;1-4(2)3;1-2/h7-9H,4-6,12H2,1-3H3;4H,1-3H3;1-2H3/t7-,8?,9?,10+;;/m1../s1. The molecule has 1 saturated carbocycles. The summed E-state index contributed by atoms with van der Waals surface area (Å²) in [5.41, 5.74) is 5.48. The van der Waals surface area contributed by atoms with Crippen molar-refractivity contribution in [2.24, 2.45) is 23.5 Å². The van der Waals surface area contributed by atoms with E-state index in [4.69, 9.17) is 15.0 Å². The lowest BCUT2D eigenvalue weighted by Gasteiger charge is -2.41. The third kappa shape index (κ3) is 5.75. The Bertz CT molecular complexity index is 260. The summed E-state index contributed by atoms with van der Waals surface area (Å²) in [4.78, 5) is 0. The van der Waals surface area contributed by atoms with Crippen LogP contribution in [-0.4, -0.2) is 25.3 Å². The summed E-state index contributed by atoms with van der Waals surface area (Å²) < 4.78 is 11.7. The first kappa shape index (κ1) is 19.9. The molecule has 0 bridgehead atoms. The fraction of sp³-hybridized carbons (Fsp3) is 1.00. The second-order valence-electron chi connectivity index (χ2n) is 6.91. The molecule has 0 aromatic rings. The highest BCUT2D eigenvalue weighted by Crippen LogP contribution is 2.44. The molecular formula is C16H36BNO2. The summed E-state index contributed by atoms with van der Waals surface area (Å²) in [6.07, 6.45) is 3.04. The highest BCUT2D eigenvalue weighted by molar-refractivity contribution is 6.45. The SMILES string of the molecule is CC.CC(C)C.CC1C[C@@H](C)C[C@]2(C)OB(CN)OC12. The molecule has 1 aliphatic carbocycles. The van der Waals surface area contributed by atoms with E-state index < -0.39 is 0 Å². The minimum atomic E-state index is -0.183. The molecule has 2 aliphatic rings. The Kier molecular flexibility index (Phi) is 9.04. The van der Waals surface area contributed by atoms with Crippen LogP contribution in [0.5, 0.6) is 0 Å². The van der Waals surface area contributed by atoms with Gasteiger partial charge in [0.05, 0.1) is 11.7 Å². The maximum absolute atomic E-state index is 5.90. The van der Waals surface area contributed by atoms with Gasteiger partial charge in [-0.05, 0) is 37.5 Å². The molecule has 2 unspecified atom stereocenters. The number of nitrogens with two attached hydrogens (primary N) is 1. The van der Waals surface area contributed by atoms with Gasteiger partial charge in [-0.25, -0.2) is 0 Å². The van der Waals surface area contributed by atoms with Crippen LogP contribution in [0.1, 0.15) is 68.2 Å². The van der Waals surface area contributed by atoms with E-state index in [-0.39, 0.29) is 18.8 Å². The summed E-state index contributed by atoms with van der Waals surface area (Å²) in [6.45, 7) is 17.2. The third-order valence-corrected chi connectivity index (χ3v) is 3.54. The van der Waals surface area contributed by atoms with Gasteiger partial charge in [-0.2, -0.15) is 0 Å². The maximum Gasteiger partial charge on any atom is 0.472 e. The van der Waals surface area contributed by atoms with E-state index in [1.165, 1.54) is 6.42 Å². The van der Waals surface area contributed by atoms with Gasteiger partial charge in [0, 0.05) is 6.44 Å². The molecule has 0 spiro atoms. The Morgan fingerprint density at radius 2 is 1.75 bits per heavy atom. The number of hydrogen-bond acceptors (Lipinski definition) is 3. The van der Waals surface area contributed by atoms with Gasteiger partial charge in [0.1, 0.15) is 0 Å². The lowest BCUT2D eigenvalue weighted by Crippen LogP contribution is -2.46. The van der Waals surface area contributed by atoms with Crippen LogP contribution in [-0.2, 0) is 9.31 Å². The summed E-state index contributed by atoms with van der Waals surface area (Å²) >= 11 is 0. The predicted molar refractivity (Wildman–Crippen MR) is 88.6 cm³/mol. The van der Waals surface area contributed by atoms with Crippen molar-refractivity contribution in [2.45, 2.75) is 79.9 Å². The van der Waals surface area contributed by atoms with Gasteiger partial charge < -0.3 is 15.0 Å². The van der Waals surface area contributed by atoms with Gasteiger partial charge in [0.2, 0.25) is 0 Å². The zero-order valence-electron chi connectivity index (χ0n) is 14.9. The van der Waals surface area contributed by atoms with E-state index >= 15 is 0 Å². The quantitative estimate of drug-likeness (QED) is 0.743. The summed E-state index contributed by atoms with van der Waals surface area (Å²) in [6, 6.07) is 0. The minimum Gasteiger partial charge on any atom is -0.404 e. The largest absolute Gasteiger partial charge is 0.472 e. The van der Waals surface area contributed by atoms with Crippen LogP contribution in [0.3, 0.4) is 0 Å². The molecule has 4 atom stereocenters. The lowest BCUT2D eigenvalue weighted by molar-refractivity contribution is -0.0318. The van der Waals surface area contributed by atoms with E-state index in [2.05, 4.69) is 41.5 Å². The average molecular weight is 285 g/mol. The molecule has 1 saturated heterocycles. The molecule has 1 heterocycles. The zero-order valence-corrected chi connectivity index (χ0v) is 14.9. The molecule has 120 valence electrons. The topological polar surface area (TPSA) is 44.5 Å². The number of hydrogen-bond donors (Lipinski definition) is 1. The van der Waals surface area contributed by atoms with Gasteiger partial charge in [-0.1, -0.05) is 48.5 Å². The Morgan fingerprint density at radius 1 is 1.25 bits per heavy atom. The van der Waals surface area contributed by atoms with Crippen molar-refractivity contribution in [2.75, 3.05) is 6.44 Å². The van der Waals surface area contributed by atoms with Crippen molar-refractivity contribution in [3.63, 3.8) is 0 Å². The molecule has 20 heavy (non-hydrogen) atoms. The Hall–Kier alpha value is -0.0551. The molecule has 0 amide bonds. The summed E-state index contributed by atoms with van der Waals surface area (Å²) in [5, 5.41) is 0. The highest BCUT2D eigenvalue weighted by atomic mass is 16.7. The minimum absolute atomic E-state index is 0.0961. The molecule has 4 heteroatoms. The van der Waals surface area contributed by atoms with Crippen molar-refractivity contribution < 1.29 is 9.31 Å². The average Bonchev–Trinajstić information content (AvgIpc) is 2.68. The van der Waals surface area contributed by atoms with Gasteiger partial charge in [-0.3, -0.25) is 0 Å². The maximum atomic E-state index is 5.90. The van der Waals surface area contributed by atoms with E-state index in [9.17, 15) is 0 Å². The third-order valence-electron chi connectivity index (χ3n) is 3.54. The molecule has 0 aromatic carbocycles. The van der Waals surface area contributed by atoms with Gasteiger partial charge in [-0.15, -0.1) is 0 Å². The van der Waals surface area contributed by atoms with Crippen molar-refractivity contribution >= 4 is 7.12 Å². The van der Waals surface area contributed by atoms with Crippen LogP contribution in [0.15, 0.2) is 0 Å². The van der Waals surface area contributed by atoms with E-state index in [1.807, 2.05) is 13.8 Å². The molecule has 1 aliphatic heterocycles. The number of rotatable bonds is 1. The first-order valence-corrected chi connectivity index (χ1v) is 8.31. The molecule has 2 fully saturated rings. The Labute approximate surface area is 127 Å². The van der Waals surface area contributed by atoms with Crippen LogP contribution in [0.2, 0.25) is 0 Å². The van der Waals surface area contributed by atoms with Crippen LogP contribution in [0.25, 0.3) is 0 Å². The van der Waals surface area contributed by atoms with Gasteiger partial charge in [0.25, 0.3) is 0 Å². The lowest BCUT2D eigenvalue weighted by atomic mass is 9.72. The monoisotopic (exact) mass is 285 g/mol. The van der Waals surface area contributed by atoms with E-state index in [0.29, 0.717) is 12.4 Å². The predicted octanol–water partition coefficient (Wildman–Crippen LogP) is 3.90. The summed E-state index contributed by atoms with van der Waals surface area (Å²) in [7, 11) is -0.183. The van der Waals surface area contributed by atoms with Crippen LogP contribution in [0, 0.1) is 17.8 Å². The normalized spacial score (nSPS) is 35.7. The fourth-order valence-electron chi connectivity index (χ4n) is 3.24. The van der Waals surface area contributed by atoms with Gasteiger partial charge >= 0.3 is 7.12 Å². The zero-order chi connectivity index (χ0) is 15.9. The fourth-order valence-corrected chi connectivity index (χ4v) is 3.24. The second kappa shape index (κ2) is 9.06. The van der Waals surface area contributed by atoms with Crippen molar-refractivity contribution in [1.82, 2.24) is 0 Å². The van der Waals surface area contributed by atoms with Gasteiger partial charge in [0.15, 0.2) is 0 Å². The number of fused-ring (bicyclic) bond motifs is 1. The Morgan fingerprint density at radius 3 is 2.20 bits per heavy atom. The van der Waals surface area contributed by atoms with Crippen molar-refractivity contribution in [3.05, 3.63) is 0 Å². The van der Waals surface area contributed by atoms with Crippen molar-refractivity contribution in [1.29, 1.82) is 0 Å². The first-order valence-electron chi connectivity index (χ1n) is 8.31. The molecule has 2 rings (SSSR count). The Balaban J connectivity index is 0.000000521. The molecule has 0 radical (unpaired) electrons. The molecular weight excluding hydrogens is 249 g/mol. The van der Waals surface area contributed by atoms with Crippen LogP contribution in [0.4, 0.5) is 0 Å². The smallest absolute Gasteiger partial charge is 0.404 e. The molecule has 3 nitrogen and oxygen atoms in total. The summed E-state index contributed by atoms with van der Waals surface area (Å²) in [5.74, 6) is 2.15. The molecule has 2 N–H and O–H groups in total.